The molecule has 146 valence electrons. The van der Waals surface area contributed by atoms with Gasteiger partial charge < -0.3 is 14.4 Å². The highest BCUT2D eigenvalue weighted by Gasteiger charge is 2.20. The molecule has 1 fully saturated rings. The van der Waals surface area contributed by atoms with Crippen LogP contribution in [0.2, 0.25) is 0 Å². The molecule has 0 saturated carbocycles. The van der Waals surface area contributed by atoms with E-state index in [4.69, 9.17) is 9.47 Å². The number of methoxy groups -OCH3 is 1. The molecule has 3 nitrogen and oxygen atoms in total. The van der Waals surface area contributed by atoms with Crippen LogP contribution in [0.15, 0.2) is 46.9 Å². The molecule has 1 aliphatic rings. The molecule has 0 aromatic heterocycles. The lowest BCUT2D eigenvalue weighted by atomic mass is 9.90. The summed E-state index contributed by atoms with van der Waals surface area (Å²) in [6, 6.07) is 14.8. The fourth-order valence-electron chi connectivity index (χ4n) is 3.89. The van der Waals surface area contributed by atoms with Crippen molar-refractivity contribution in [3.05, 3.63) is 58.1 Å². The maximum Gasteiger partial charge on any atom is 0.122 e. The second-order valence-corrected chi connectivity index (χ2v) is 8.19. The van der Waals surface area contributed by atoms with Crippen molar-refractivity contribution < 1.29 is 9.47 Å². The Morgan fingerprint density at radius 2 is 1.89 bits per heavy atom. The molecular weight excluding hydrogens is 402 g/mol. The minimum absolute atomic E-state index is 0.725. The van der Waals surface area contributed by atoms with E-state index in [1.165, 1.54) is 37.1 Å². The van der Waals surface area contributed by atoms with Crippen LogP contribution in [0.1, 0.15) is 30.9 Å². The van der Waals surface area contributed by atoms with Crippen molar-refractivity contribution in [2.24, 2.45) is 5.92 Å². The second kappa shape index (κ2) is 10.1. The van der Waals surface area contributed by atoms with Crippen LogP contribution in [0.3, 0.4) is 0 Å². The maximum absolute atomic E-state index is 5.76. The molecule has 2 aromatic rings. The van der Waals surface area contributed by atoms with Gasteiger partial charge in [0, 0.05) is 11.0 Å². The first-order valence-corrected chi connectivity index (χ1v) is 10.7. The Hall–Kier alpha value is -1.52. The molecule has 0 amide bonds. The Bertz CT molecular complexity index is 726. The van der Waals surface area contributed by atoms with Gasteiger partial charge in [-0.2, -0.15) is 0 Å². The average molecular weight is 432 g/mol. The van der Waals surface area contributed by atoms with Gasteiger partial charge in [0.15, 0.2) is 0 Å². The van der Waals surface area contributed by atoms with E-state index >= 15 is 0 Å². The molecular formula is C23H30BrNO2. The molecule has 0 radical (unpaired) electrons. The summed E-state index contributed by atoms with van der Waals surface area (Å²) in [6.07, 6.45) is 4.73. The average Bonchev–Trinajstić information content (AvgIpc) is 2.68. The molecule has 1 aliphatic heterocycles. The first-order valence-electron chi connectivity index (χ1n) is 9.94. The number of ether oxygens (including phenoxy) is 2. The summed E-state index contributed by atoms with van der Waals surface area (Å²) in [5, 5.41) is 0. The van der Waals surface area contributed by atoms with Crippen LogP contribution >= 0.6 is 15.9 Å². The maximum atomic E-state index is 5.76. The molecule has 0 bridgehead atoms. The van der Waals surface area contributed by atoms with Gasteiger partial charge in [0.25, 0.3) is 0 Å². The van der Waals surface area contributed by atoms with Crippen LogP contribution in [-0.2, 0) is 12.8 Å². The molecule has 27 heavy (non-hydrogen) atoms. The lowest BCUT2D eigenvalue weighted by molar-refractivity contribution is 0.185. The van der Waals surface area contributed by atoms with Gasteiger partial charge in [0.05, 0.1) is 13.7 Å². The van der Waals surface area contributed by atoms with Gasteiger partial charge in [-0.1, -0.05) is 34.1 Å². The molecule has 1 saturated heterocycles. The van der Waals surface area contributed by atoms with Crippen LogP contribution < -0.4 is 9.47 Å². The summed E-state index contributed by atoms with van der Waals surface area (Å²) >= 11 is 3.59. The SMILES string of the molecule is CCOc1ccccc1CCN1CCC(Cc2cc(Br)cc(OC)c2)CC1. The number of piperidine rings is 1. The lowest BCUT2D eigenvalue weighted by Crippen LogP contribution is -2.35. The predicted molar refractivity (Wildman–Crippen MR) is 115 cm³/mol. The molecule has 0 spiro atoms. The minimum Gasteiger partial charge on any atom is -0.497 e. The van der Waals surface area contributed by atoms with E-state index in [1.54, 1.807) is 7.11 Å². The second-order valence-electron chi connectivity index (χ2n) is 7.28. The summed E-state index contributed by atoms with van der Waals surface area (Å²) in [4.78, 5) is 2.60. The molecule has 0 N–H and O–H groups in total. The number of para-hydroxylation sites is 1. The van der Waals surface area contributed by atoms with Gasteiger partial charge in [-0.3, -0.25) is 0 Å². The Morgan fingerprint density at radius 1 is 1.11 bits per heavy atom. The quantitative estimate of drug-likeness (QED) is 0.561. The number of benzene rings is 2. The van der Waals surface area contributed by atoms with E-state index in [2.05, 4.69) is 57.2 Å². The Kier molecular flexibility index (Phi) is 7.59. The van der Waals surface area contributed by atoms with E-state index in [1.807, 2.05) is 13.0 Å². The topological polar surface area (TPSA) is 21.7 Å². The van der Waals surface area contributed by atoms with Crippen molar-refractivity contribution in [1.29, 1.82) is 0 Å². The van der Waals surface area contributed by atoms with Gasteiger partial charge in [-0.25, -0.2) is 0 Å². The smallest absolute Gasteiger partial charge is 0.122 e. The molecule has 0 atom stereocenters. The van der Waals surface area contributed by atoms with Crippen molar-refractivity contribution in [3.8, 4) is 11.5 Å². The van der Waals surface area contributed by atoms with Crippen LogP contribution in [0.4, 0.5) is 0 Å². The van der Waals surface area contributed by atoms with E-state index < -0.39 is 0 Å². The number of hydrogen-bond acceptors (Lipinski definition) is 3. The zero-order chi connectivity index (χ0) is 19.1. The van der Waals surface area contributed by atoms with Crippen LogP contribution in [0.25, 0.3) is 0 Å². The van der Waals surface area contributed by atoms with E-state index in [0.717, 1.165) is 47.9 Å². The molecule has 0 unspecified atom stereocenters. The normalized spacial score (nSPS) is 15.7. The van der Waals surface area contributed by atoms with Crippen molar-refractivity contribution in [2.45, 2.75) is 32.6 Å². The Balaban J connectivity index is 1.47. The van der Waals surface area contributed by atoms with Crippen LogP contribution in [-0.4, -0.2) is 38.3 Å². The fraction of sp³-hybridized carbons (Fsp3) is 0.478. The molecule has 4 heteroatoms. The predicted octanol–water partition coefficient (Wildman–Crippen LogP) is 5.35. The highest BCUT2D eigenvalue weighted by atomic mass is 79.9. The monoisotopic (exact) mass is 431 g/mol. The third kappa shape index (κ3) is 5.98. The summed E-state index contributed by atoms with van der Waals surface area (Å²) in [7, 11) is 1.73. The third-order valence-corrected chi connectivity index (χ3v) is 5.83. The Labute approximate surface area is 171 Å². The van der Waals surface area contributed by atoms with Crippen LogP contribution in [0, 0.1) is 5.92 Å². The van der Waals surface area contributed by atoms with Crippen molar-refractivity contribution in [2.75, 3.05) is 33.4 Å². The van der Waals surface area contributed by atoms with Crippen LogP contribution in [0.5, 0.6) is 11.5 Å². The summed E-state index contributed by atoms with van der Waals surface area (Å²) in [5.41, 5.74) is 2.69. The number of hydrogen-bond donors (Lipinski definition) is 0. The fourth-order valence-corrected chi connectivity index (χ4v) is 4.41. The highest BCUT2D eigenvalue weighted by molar-refractivity contribution is 9.10. The summed E-state index contributed by atoms with van der Waals surface area (Å²) in [5.74, 6) is 2.74. The van der Waals surface area contributed by atoms with Crippen molar-refractivity contribution in [3.63, 3.8) is 0 Å². The molecule has 0 aliphatic carbocycles. The largest absolute Gasteiger partial charge is 0.497 e. The molecule has 2 aromatic carbocycles. The highest BCUT2D eigenvalue weighted by Crippen LogP contribution is 2.27. The minimum atomic E-state index is 0.725. The first-order chi connectivity index (χ1) is 13.2. The zero-order valence-corrected chi connectivity index (χ0v) is 18.0. The van der Waals surface area contributed by atoms with E-state index in [-0.39, 0.29) is 0 Å². The first kappa shape index (κ1) is 20.2. The summed E-state index contributed by atoms with van der Waals surface area (Å²) < 4.78 is 12.2. The number of rotatable bonds is 8. The standard InChI is InChI=1S/C23H30BrNO2/c1-3-27-23-7-5-4-6-20(23)10-13-25-11-8-18(9-12-25)14-19-15-21(24)17-22(16-19)26-2/h4-7,15-18H,3,8-14H2,1-2H3. The number of nitrogens with zero attached hydrogens (tertiary/aromatic N) is 1. The van der Waals surface area contributed by atoms with Gasteiger partial charge in [-0.15, -0.1) is 0 Å². The van der Waals surface area contributed by atoms with Gasteiger partial charge >= 0.3 is 0 Å². The molecule has 1 heterocycles. The zero-order valence-electron chi connectivity index (χ0n) is 16.4. The Morgan fingerprint density at radius 3 is 2.63 bits per heavy atom. The number of likely N-dealkylation sites (tertiary alicyclic amines) is 1. The van der Waals surface area contributed by atoms with Gasteiger partial charge in [-0.05, 0) is 87.0 Å². The summed E-state index contributed by atoms with van der Waals surface area (Å²) in [6.45, 7) is 6.26. The van der Waals surface area contributed by atoms with Gasteiger partial charge in [0.2, 0.25) is 0 Å². The van der Waals surface area contributed by atoms with Crippen molar-refractivity contribution in [1.82, 2.24) is 4.90 Å². The number of halogens is 1. The lowest BCUT2D eigenvalue weighted by Gasteiger charge is -2.32. The van der Waals surface area contributed by atoms with E-state index in [0.29, 0.717) is 0 Å². The van der Waals surface area contributed by atoms with Crippen molar-refractivity contribution >= 4 is 15.9 Å². The van der Waals surface area contributed by atoms with Gasteiger partial charge in [0.1, 0.15) is 11.5 Å². The van der Waals surface area contributed by atoms with E-state index in [9.17, 15) is 0 Å². The molecule has 3 rings (SSSR count). The third-order valence-electron chi connectivity index (χ3n) is 5.37.